The Hall–Kier alpha value is -1.60. The molecule has 0 aromatic heterocycles. The number of phenols is 1. The molecule has 1 amide bonds. The van der Waals surface area contributed by atoms with E-state index in [0.717, 1.165) is 5.56 Å². The lowest BCUT2D eigenvalue weighted by Gasteiger charge is -2.21. The number of phenolic OH excluding ortho intramolecular Hbond substituents is 1. The molecule has 1 aliphatic rings. The van der Waals surface area contributed by atoms with E-state index in [1.807, 2.05) is 6.07 Å². The van der Waals surface area contributed by atoms with Crippen LogP contribution in [0.25, 0.3) is 0 Å². The number of aryl methyl sites for hydroxylation is 1. The second-order valence-electron chi connectivity index (χ2n) is 5.53. The first-order valence-electron chi connectivity index (χ1n) is 7.37. The van der Waals surface area contributed by atoms with E-state index in [4.69, 9.17) is 0 Å². The molecule has 2 rings (SSSR count). The minimum Gasteiger partial charge on any atom is -0.508 e. The van der Waals surface area contributed by atoms with Crippen molar-refractivity contribution in [3.63, 3.8) is 0 Å². The monoisotopic (exact) mass is 326 g/mol. The van der Waals surface area contributed by atoms with Gasteiger partial charge in [0, 0.05) is 32.6 Å². The van der Waals surface area contributed by atoms with Crippen molar-refractivity contribution in [3.8, 4) is 5.75 Å². The van der Waals surface area contributed by atoms with Gasteiger partial charge in [0.05, 0.1) is 6.26 Å². The van der Waals surface area contributed by atoms with Gasteiger partial charge < -0.3 is 10.0 Å². The second kappa shape index (κ2) is 7.11. The summed E-state index contributed by atoms with van der Waals surface area (Å²) < 4.78 is 24.5. The van der Waals surface area contributed by atoms with Crippen LogP contribution < -0.4 is 0 Å². The zero-order valence-electron chi connectivity index (χ0n) is 12.7. The molecule has 1 aliphatic heterocycles. The van der Waals surface area contributed by atoms with Crippen molar-refractivity contribution >= 4 is 15.9 Å². The first-order valence-corrected chi connectivity index (χ1v) is 9.22. The van der Waals surface area contributed by atoms with Crippen LogP contribution in [0.15, 0.2) is 24.3 Å². The number of nitrogens with zero attached hydrogens (tertiary/aromatic N) is 2. The molecular weight excluding hydrogens is 304 g/mol. The van der Waals surface area contributed by atoms with E-state index in [1.165, 1.54) is 10.6 Å². The molecule has 1 N–H and O–H groups in total. The van der Waals surface area contributed by atoms with Crippen LogP contribution in [0, 0.1) is 0 Å². The summed E-state index contributed by atoms with van der Waals surface area (Å²) in [7, 11) is -3.20. The average molecular weight is 326 g/mol. The second-order valence-corrected chi connectivity index (χ2v) is 7.51. The number of rotatable bonds is 4. The van der Waals surface area contributed by atoms with Crippen molar-refractivity contribution in [2.45, 2.75) is 19.3 Å². The maximum atomic E-state index is 12.3. The van der Waals surface area contributed by atoms with Gasteiger partial charge in [0.2, 0.25) is 15.9 Å². The van der Waals surface area contributed by atoms with Crippen LogP contribution in [0.4, 0.5) is 0 Å². The summed E-state index contributed by atoms with van der Waals surface area (Å²) in [5.41, 5.74) is 0.753. The fourth-order valence-corrected chi connectivity index (χ4v) is 3.47. The SMILES string of the molecule is CS(=O)(=O)N1CCCN(C(=O)CCc2ccccc2O)CC1. The Morgan fingerprint density at radius 1 is 1.18 bits per heavy atom. The molecule has 122 valence electrons. The van der Waals surface area contributed by atoms with Gasteiger partial charge in [-0.1, -0.05) is 18.2 Å². The lowest BCUT2D eigenvalue weighted by Crippen LogP contribution is -2.37. The average Bonchev–Trinajstić information content (AvgIpc) is 2.71. The quantitative estimate of drug-likeness (QED) is 0.888. The minimum absolute atomic E-state index is 0.00129. The number of benzene rings is 1. The van der Waals surface area contributed by atoms with Gasteiger partial charge in [0.25, 0.3) is 0 Å². The van der Waals surface area contributed by atoms with Crippen molar-refractivity contribution in [2.24, 2.45) is 0 Å². The molecule has 1 fully saturated rings. The molecule has 0 spiro atoms. The highest BCUT2D eigenvalue weighted by Gasteiger charge is 2.23. The number of hydrogen-bond donors (Lipinski definition) is 1. The molecule has 1 aromatic carbocycles. The van der Waals surface area contributed by atoms with Gasteiger partial charge in [-0.25, -0.2) is 12.7 Å². The van der Waals surface area contributed by atoms with Crippen molar-refractivity contribution in [2.75, 3.05) is 32.4 Å². The molecule has 0 aliphatic carbocycles. The summed E-state index contributed by atoms with van der Waals surface area (Å²) in [6.07, 6.45) is 2.65. The summed E-state index contributed by atoms with van der Waals surface area (Å²) in [5.74, 6) is 0.202. The summed E-state index contributed by atoms with van der Waals surface area (Å²) >= 11 is 0. The fraction of sp³-hybridized carbons (Fsp3) is 0.533. The Balaban J connectivity index is 1.89. The lowest BCUT2D eigenvalue weighted by atomic mass is 10.1. The standard InChI is InChI=1S/C15H22N2O4S/c1-22(20,21)17-10-4-9-16(11-12-17)15(19)8-7-13-5-2-3-6-14(13)18/h2-3,5-6,18H,4,7-12H2,1H3. The minimum atomic E-state index is -3.20. The van der Waals surface area contributed by atoms with Gasteiger partial charge in [0.1, 0.15) is 5.75 Å². The maximum absolute atomic E-state index is 12.3. The highest BCUT2D eigenvalue weighted by atomic mass is 32.2. The lowest BCUT2D eigenvalue weighted by molar-refractivity contribution is -0.131. The van der Waals surface area contributed by atoms with E-state index < -0.39 is 10.0 Å². The summed E-state index contributed by atoms with van der Waals surface area (Å²) in [5, 5.41) is 9.70. The Morgan fingerprint density at radius 3 is 2.59 bits per heavy atom. The van der Waals surface area contributed by atoms with E-state index in [1.54, 1.807) is 23.1 Å². The van der Waals surface area contributed by atoms with Crippen molar-refractivity contribution in [1.82, 2.24) is 9.21 Å². The summed E-state index contributed by atoms with van der Waals surface area (Å²) in [4.78, 5) is 14.0. The van der Waals surface area contributed by atoms with Gasteiger partial charge in [-0.05, 0) is 24.5 Å². The Labute approximate surface area is 131 Å². The smallest absolute Gasteiger partial charge is 0.222 e. The van der Waals surface area contributed by atoms with Gasteiger partial charge >= 0.3 is 0 Å². The van der Waals surface area contributed by atoms with Crippen LogP contribution in [0.1, 0.15) is 18.4 Å². The van der Waals surface area contributed by atoms with E-state index in [9.17, 15) is 18.3 Å². The molecule has 0 saturated carbocycles. The number of para-hydroxylation sites is 1. The zero-order valence-corrected chi connectivity index (χ0v) is 13.6. The largest absolute Gasteiger partial charge is 0.508 e. The number of hydrogen-bond acceptors (Lipinski definition) is 4. The zero-order chi connectivity index (χ0) is 16.2. The predicted molar refractivity (Wildman–Crippen MR) is 84.0 cm³/mol. The Kier molecular flexibility index (Phi) is 5.42. The molecule has 0 bridgehead atoms. The number of carbonyl (C=O) groups is 1. The number of sulfonamides is 1. The molecule has 1 heterocycles. The Bertz CT molecular complexity index is 630. The van der Waals surface area contributed by atoms with Crippen molar-refractivity contribution < 1.29 is 18.3 Å². The van der Waals surface area contributed by atoms with Crippen molar-refractivity contribution in [3.05, 3.63) is 29.8 Å². The van der Waals surface area contributed by atoms with Crippen LogP contribution in [-0.2, 0) is 21.2 Å². The van der Waals surface area contributed by atoms with Crippen molar-refractivity contribution in [1.29, 1.82) is 0 Å². The third-order valence-electron chi connectivity index (χ3n) is 3.88. The highest BCUT2D eigenvalue weighted by molar-refractivity contribution is 7.88. The maximum Gasteiger partial charge on any atom is 0.222 e. The van der Waals surface area contributed by atoms with E-state index in [0.29, 0.717) is 45.4 Å². The number of amides is 1. The van der Waals surface area contributed by atoms with Crippen LogP contribution >= 0.6 is 0 Å². The summed E-state index contributed by atoms with van der Waals surface area (Å²) in [6.45, 7) is 1.81. The van der Waals surface area contributed by atoms with Gasteiger partial charge in [-0.3, -0.25) is 4.79 Å². The third kappa shape index (κ3) is 4.45. The molecule has 22 heavy (non-hydrogen) atoms. The molecule has 0 radical (unpaired) electrons. The molecule has 1 aromatic rings. The fourth-order valence-electron chi connectivity index (χ4n) is 2.60. The first-order chi connectivity index (χ1) is 10.4. The van der Waals surface area contributed by atoms with Crippen LogP contribution in [0.2, 0.25) is 0 Å². The topological polar surface area (TPSA) is 77.9 Å². The molecule has 1 saturated heterocycles. The number of carbonyl (C=O) groups excluding carboxylic acids is 1. The first kappa shape index (κ1) is 16.8. The molecular formula is C15H22N2O4S. The summed E-state index contributed by atoms with van der Waals surface area (Å²) in [6, 6.07) is 6.98. The van der Waals surface area contributed by atoms with E-state index in [2.05, 4.69) is 0 Å². The predicted octanol–water partition coefficient (Wildman–Crippen LogP) is 0.819. The molecule has 0 unspecified atom stereocenters. The molecule has 6 nitrogen and oxygen atoms in total. The van der Waals surface area contributed by atoms with E-state index >= 15 is 0 Å². The van der Waals surface area contributed by atoms with Gasteiger partial charge in [-0.15, -0.1) is 0 Å². The normalized spacial score (nSPS) is 17.2. The number of aromatic hydroxyl groups is 1. The molecule has 0 atom stereocenters. The highest BCUT2D eigenvalue weighted by Crippen LogP contribution is 2.18. The van der Waals surface area contributed by atoms with Gasteiger partial charge in [-0.2, -0.15) is 0 Å². The third-order valence-corrected chi connectivity index (χ3v) is 5.18. The molecule has 7 heteroatoms. The Morgan fingerprint density at radius 2 is 1.91 bits per heavy atom. The van der Waals surface area contributed by atoms with Crippen LogP contribution in [0.5, 0.6) is 5.75 Å². The van der Waals surface area contributed by atoms with Crippen LogP contribution in [-0.4, -0.2) is 61.1 Å². The van der Waals surface area contributed by atoms with Crippen LogP contribution in [0.3, 0.4) is 0 Å². The van der Waals surface area contributed by atoms with Gasteiger partial charge in [0.15, 0.2) is 0 Å². The van der Waals surface area contributed by atoms with E-state index in [-0.39, 0.29) is 11.7 Å².